The van der Waals surface area contributed by atoms with E-state index in [1.807, 2.05) is 18.4 Å². The Balaban J connectivity index is 2.59. The first-order valence-electron chi connectivity index (χ1n) is 4.94. The van der Waals surface area contributed by atoms with E-state index in [2.05, 4.69) is 4.98 Å². The van der Waals surface area contributed by atoms with E-state index in [4.69, 9.17) is 5.14 Å². The van der Waals surface area contributed by atoms with E-state index in [9.17, 15) is 8.42 Å². The van der Waals surface area contributed by atoms with Gasteiger partial charge in [-0.25, -0.2) is 18.5 Å². The molecule has 0 fully saturated rings. The van der Waals surface area contributed by atoms with Crippen LogP contribution in [0.5, 0.6) is 0 Å². The molecule has 0 saturated carbocycles. The summed E-state index contributed by atoms with van der Waals surface area (Å²) < 4.78 is 22.8. The van der Waals surface area contributed by atoms with E-state index in [-0.39, 0.29) is 4.90 Å². The summed E-state index contributed by atoms with van der Waals surface area (Å²) in [5.74, 6) is 0. The molecule has 1 aromatic carbocycles. The maximum Gasteiger partial charge on any atom is 0.238 e. The molecule has 2 rings (SSSR count). The maximum absolute atomic E-state index is 11.4. The van der Waals surface area contributed by atoms with Crippen molar-refractivity contribution in [2.24, 2.45) is 5.14 Å². The van der Waals surface area contributed by atoms with Gasteiger partial charge in [-0.1, -0.05) is 12.1 Å². The van der Waals surface area contributed by atoms with Crippen LogP contribution in [-0.2, 0) is 10.0 Å². The Labute approximate surface area is 104 Å². The predicted octanol–water partition coefficient (Wildman–Crippen LogP) is 2.07. The predicted molar refractivity (Wildman–Crippen MR) is 68.4 cm³/mol. The molecule has 0 aliphatic carbocycles. The first-order valence-corrected chi connectivity index (χ1v) is 7.36. The molecule has 6 heteroatoms. The van der Waals surface area contributed by atoms with Crippen molar-refractivity contribution in [2.45, 2.75) is 18.7 Å². The van der Waals surface area contributed by atoms with Crippen molar-refractivity contribution < 1.29 is 8.42 Å². The molecule has 0 aliphatic heterocycles. The van der Waals surface area contributed by atoms with Crippen LogP contribution in [0.15, 0.2) is 28.5 Å². The second kappa shape index (κ2) is 4.21. The molecular weight excluding hydrogens is 256 g/mol. The van der Waals surface area contributed by atoms with Crippen molar-refractivity contribution in [1.29, 1.82) is 0 Å². The number of hydrogen-bond donors (Lipinski definition) is 1. The molecule has 4 nitrogen and oxygen atoms in total. The third-order valence-corrected chi connectivity index (χ3v) is 4.24. The summed E-state index contributed by atoms with van der Waals surface area (Å²) in [5, 5.41) is 8.00. The summed E-state index contributed by atoms with van der Waals surface area (Å²) in [5.41, 5.74) is 2.18. The Morgan fingerprint density at radius 3 is 2.53 bits per heavy atom. The van der Waals surface area contributed by atoms with Crippen LogP contribution in [-0.4, -0.2) is 13.4 Å². The summed E-state index contributed by atoms with van der Waals surface area (Å²) in [4.78, 5) is 4.47. The van der Waals surface area contributed by atoms with E-state index >= 15 is 0 Å². The molecule has 90 valence electrons. The van der Waals surface area contributed by atoms with Gasteiger partial charge in [-0.15, -0.1) is 11.3 Å². The number of primary sulfonamides is 1. The van der Waals surface area contributed by atoms with Crippen molar-refractivity contribution in [3.63, 3.8) is 0 Å². The maximum atomic E-state index is 11.4. The van der Waals surface area contributed by atoms with Crippen LogP contribution >= 0.6 is 11.3 Å². The summed E-state index contributed by atoms with van der Waals surface area (Å²) in [6, 6.07) is 5.15. The lowest BCUT2D eigenvalue weighted by molar-refractivity contribution is 0.597. The second-order valence-corrected chi connectivity index (χ2v) is 6.37. The van der Waals surface area contributed by atoms with Gasteiger partial charge in [0.1, 0.15) is 0 Å². The lowest BCUT2D eigenvalue weighted by Gasteiger charge is -2.05. The molecular formula is C11H12N2O2S2. The largest absolute Gasteiger partial charge is 0.242 e. The highest BCUT2D eigenvalue weighted by molar-refractivity contribution is 7.89. The van der Waals surface area contributed by atoms with E-state index in [1.54, 1.807) is 19.1 Å². The van der Waals surface area contributed by atoms with Crippen molar-refractivity contribution in [3.8, 4) is 11.3 Å². The molecule has 2 N–H and O–H groups in total. The summed E-state index contributed by atoms with van der Waals surface area (Å²) in [7, 11) is -3.68. The minimum atomic E-state index is -3.68. The monoisotopic (exact) mass is 268 g/mol. The van der Waals surface area contributed by atoms with Crippen LogP contribution in [0.3, 0.4) is 0 Å². The van der Waals surface area contributed by atoms with Gasteiger partial charge in [0.25, 0.3) is 0 Å². The zero-order valence-electron chi connectivity index (χ0n) is 9.47. The highest BCUT2D eigenvalue weighted by atomic mass is 32.2. The van der Waals surface area contributed by atoms with Crippen molar-refractivity contribution in [1.82, 2.24) is 4.98 Å². The Hall–Kier alpha value is -1.24. The van der Waals surface area contributed by atoms with Gasteiger partial charge in [0, 0.05) is 10.9 Å². The fourth-order valence-corrected chi connectivity index (χ4v) is 2.99. The quantitative estimate of drug-likeness (QED) is 0.906. The minimum Gasteiger partial charge on any atom is -0.242 e. The smallest absolute Gasteiger partial charge is 0.238 e. The number of nitrogens with zero attached hydrogens (tertiary/aromatic N) is 1. The summed E-state index contributed by atoms with van der Waals surface area (Å²) in [6.45, 7) is 3.62. The molecule has 0 saturated heterocycles. The zero-order chi connectivity index (χ0) is 12.6. The second-order valence-electron chi connectivity index (χ2n) is 3.78. The van der Waals surface area contributed by atoms with Crippen LogP contribution in [0.4, 0.5) is 0 Å². The molecule has 2 aromatic rings. The van der Waals surface area contributed by atoms with E-state index in [0.717, 1.165) is 16.3 Å². The van der Waals surface area contributed by atoms with Crippen molar-refractivity contribution in [3.05, 3.63) is 34.2 Å². The van der Waals surface area contributed by atoms with Gasteiger partial charge in [0.05, 0.1) is 15.6 Å². The van der Waals surface area contributed by atoms with Crippen LogP contribution in [0.1, 0.15) is 10.6 Å². The third kappa shape index (κ3) is 2.54. The zero-order valence-corrected chi connectivity index (χ0v) is 11.1. The fraction of sp³-hybridized carbons (Fsp3) is 0.182. The Bertz CT molecular complexity index is 660. The number of benzene rings is 1. The van der Waals surface area contributed by atoms with Gasteiger partial charge in [0.2, 0.25) is 10.0 Å². The number of aromatic nitrogens is 1. The number of sulfonamides is 1. The Kier molecular flexibility index (Phi) is 3.03. The van der Waals surface area contributed by atoms with Crippen molar-refractivity contribution >= 4 is 21.4 Å². The van der Waals surface area contributed by atoms with E-state index < -0.39 is 10.0 Å². The van der Waals surface area contributed by atoms with E-state index in [0.29, 0.717) is 5.56 Å². The minimum absolute atomic E-state index is 0.153. The molecule has 0 aliphatic rings. The molecule has 0 unspecified atom stereocenters. The molecule has 0 atom stereocenters. The fourth-order valence-electron chi connectivity index (χ4n) is 1.56. The number of aryl methyl sites for hydroxylation is 2. The molecule has 17 heavy (non-hydrogen) atoms. The van der Waals surface area contributed by atoms with Crippen LogP contribution in [0.25, 0.3) is 11.3 Å². The topological polar surface area (TPSA) is 73.0 Å². The highest BCUT2D eigenvalue weighted by Gasteiger charge is 2.13. The number of rotatable bonds is 2. The van der Waals surface area contributed by atoms with Crippen LogP contribution in [0, 0.1) is 13.8 Å². The van der Waals surface area contributed by atoms with Gasteiger partial charge < -0.3 is 0 Å². The first kappa shape index (κ1) is 12.2. The Morgan fingerprint density at radius 1 is 1.29 bits per heavy atom. The lowest BCUT2D eigenvalue weighted by atomic mass is 10.1. The first-order chi connectivity index (χ1) is 7.88. The standard InChI is InChI=1S/C11H12N2O2S2/c1-7-3-4-9(5-11(7)17(12,14)15)10-6-16-8(2)13-10/h3-6H,1-2H3,(H2,12,14,15). The van der Waals surface area contributed by atoms with Crippen LogP contribution in [0.2, 0.25) is 0 Å². The van der Waals surface area contributed by atoms with E-state index in [1.165, 1.54) is 11.3 Å². The molecule has 1 heterocycles. The molecule has 0 amide bonds. The van der Waals surface area contributed by atoms with Gasteiger partial charge in [-0.2, -0.15) is 0 Å². The SMILES string of the molecule is Cc1nc(-c2ccc(C)c(S(N)(=O)=O)c2)cs1. The Morgan fingerprint density at radius 2 is 2.00 bits per heavy atom. The van der Waals surface area contributed by atoms with Gasteiger partial charge >= 0.3 is 0 Å². The third-order valence-electron chi connectivity index (χ3n) is 2.41. The molecule has 0 bridgehead atoms. The summed E-state index contributed by atoms with van der Waals surface area (Å²) >= 11 is 1.52. The normalized spacial score (nSPS) is 11.7. The van der Waals surface area contributed by atoms with Gasteiger partial charge in [0.15, 0.2) is 0 Å². The molecule has 1 aromatic heterocycles. The number of hydrogen-bond acceptors (Lipinski definition) is 4. The average molecular weight is 268 g/mol. The molecule has 0 spiro atoms. The number of nitrogens with two attached hydrogens (primary N) is 1. The number of thiazole rings is 1. The molecule has 0 radical (unpaired) electrons. The lowest BCUT2D eigenvalue weighted by Crippen LogP contribution is -2.13. The van der Waals surface area contributed by atoms with Crippen LogP contribution < -0.4 is 5.14 Å². The average Bonchev–Trinajstić information content (AvgIpc) is 2.64. The highest BCUT2D eigenvalue weighted by Crippen LogP contribution is 2.25. The van der Waals surface area contributed by atoms with Crippen molar-refractivity contribution in [2.75, 3.05) is 0 Å². The summed E-state index contributed by atoms with van der Waals surface area (Å²) in [6.07, 6.45) is 0. The van der Waals surface area contributed by atoms with Gasteiger partial charge in [-0.05, 0) is 25.5 Å². The van der Waals surface area contributed by atoms with Gasteiger partial charge in [-0.3, -0.25) is 0 Å².